The van der Waals surface area contributed by atoms with E-state index in [4.69, 9.17) is 26.4 Å². The SMILES string of the molecule is COc1ccc(OC)c(C(=S)NCC2CCCO2)c1. The third-order valence-corrected chi connectivity index (χ3v) is 3.53. The maximum Gasteiger partial charge on any atom is 0.129 e. The Bertz CT molecular complexity index is 444. The summed E-state index contributed by atoms with van der Waals surface area (Å²) in [5.41, 5.74) is 0.842. The highest BCUT2D eigenvalue weighted by Crippen LogP contribution is 2.24. The van der Waals surface area contributed by atoms with Crippen molar-refractivity contribution >= 4 is 17.2 Å². The van der Waals surface area contributed by atoms with Crippen LogP contribution < -0.4 is 14.8 Å². The Hall–Kier alpha value is -1.33. The van der Waals surface area contributed by atoms with Crippen molar-refractivity contribution in [1.82, 2.24) is 5.32 Å². The largest absolute Gasteiger partial charge is 0.497 e. The third kappa shape index (κ3) is 3.58. The smallest absolute Gasteiger partial charge is 0.129 e. The van der Waals surface area contributed by atoms with Crippen LogP contribution >= 0.6 is 12.2 Å². The zero-order valence-electron chi connectivity index (χ0n) is 11.3. The number of thiocarbonyl (C=S) groups is 1. The summed E-state index contributed by atoms with van der Waals surface area (Å²) in [6, 6.07) is 5.59. The van der Waals surface area contributed by atoms with Crippen molar-refractivity contribution in [2.24, 2.45) is 0 Å². The Morgan fingerprint density at radius 3 is 2.89 bits per heavy atom. The van der Waals surface area contributed by atoms with Gasteiger partial charge in [0.05, 0.1) is 25.9 Å². The second-order valence-corrected chi connectivity index (χ2v) is 4.82. The molecule has 1 aromatic carbocycles. The van der Waals surface area contributed by atoms with Gasteiger partial charge >= 0.3 is 0 Å². The van der Waals surface area contributed by atoms with Crippen LogP contribution in [0.4, 0.5) is 0 Å². The van der Waals surface area contributed by atoms with E-state index < -0.39 is 0 Å². The van der Waals surface area contributed by atoms with Gasteiger partial charge in [0.2, 0.25) is 0 Å². The minimum atomic E-state index is 0.259. The summed E-state index contributed by atoms with van der Waals surface area (Å²) in [5, 5.41) is 3.24. The number of hydrogen-bond acceptors (Lipinski definition) is 4. The number of hydrogen-bond donors (Lipinski definition) is 1. The van der Waals surface area contributed by atoms with E-state index in [0.29, 0.717) is 4.99 Å². The molecule has 1 aromatic rings. The molecule has 0 radical (unpaired) electrons. The third-order valence-electron chi connectivity index (χ3n) is 3.17. The lowest BCUT2D eigenvalue weighted by molar-refractivity contribution is 0.114. The van der Waals surface area contributed by atoms with Gasteiger partial charge in [0.1, 0.15) is 16.5 Å². The molecule has 0 spiro atoms. The van der Waals surface area contributed by atoms with E-state index in [9.17, 15) is 0 Å². The molecule has 104 valence electrons. The molecular formula is C14H19NO3S. The highest BCUT2D eigenvalue weighted by molar-refractivity contribution is 7.80. The van der Waals surface area contributed by atoms with Crippen LogP contribution in [0.25, 0.3) is 0 Å². The number of rotatable bonds is 5. The molecular weight excluding hydrogens is 262 g/mol. The van der Waals surface area contributed by atoms with E-state index >= 15 is 0 Å². The molecule has 0 bridgehead atoms. The van der Waals surface area contributed by atoms with Gasteiger partial charge in [0.15, 0.2) is 0 Å². The molecule has 1 aliphatic rings. The molecule has 0 aliphatic carbocycles. The molecule has 1 heterocycles. The molecule has 0 saturated carbocycles. The maximum atomic E-state index is 5.56. The van der Waals surface area contributed by atoms with Gasteiger partial charge in [0.25, 0.3) is 0 Å². The van der Waals surface area contributed by atoms with Gasteiger partial charge in [-0.25, -0.2) is 0 Å². The molecule has 1 fully saturated rings. The minimum absolute atomic E-state index is 0.259. The van der Waals surface area contributed by atoms with Gasteiger partial charge in [-0.3, -0.25) is 0 Å². The van der Waals surface area contributed by atoms with Crippen LogP contribution in [-0.4, -0.2) is 38.5 Å². The molecule has 1 atom stereocenters. The monoisotopic (exact) mass is 281 g/mol. The summed E-state index contributed by atoms with van der Waals surface area (Å²) in [6.45, 7) is 1.58. The predicted molar refractivity (Wildman–Crippen MR) is 78.2 cm³/mol. The van der Waals surface area contributed by atoms with Gasteiger partial charge < -0.3 is 19.5 Å². The fourth-order valence-electron chi connectivity index (χ4n) is 2.10. The van der Waals surface area contributed by atoms with E-state index in [2.05, 4.69) is 5.32 Å². The summed E-state index contributed by atoms with van der Waals surface area (Å²) in [7, 11) is 3.27. The first-order valence-electron chi connectivity index (χ1n) is 6.36. The fourth-order valence-corrected chi connectivity index (χ4v) is 2.34. The summed E-state index contributed by atoms with van der Waals surface area (Å²) in [6.07, 6.45) is 2.47. The molecule has 19 heavy (non-hydrogen) atoms. The van der Waals surface area contributed by atoms with Crippen molar-refractivity contribution < 1.29 is 14.2 Å². The van der Waals surface area contributed by atoms with E-state index in [1.165, 1.54) is 0 Å². The first-order chi connectivity index (χ1) is 9.24. The highest BCUT2D eigenvalue weighted by Gasteiger charge is 2.17. The molecule has 0 amide bonds. The summed E-state index contributed by atoms with van der Waals surface area (Å²) in [5.74, 6) is 1.50. The first-order valence-corrected chi connectivity index (χ1v) is 6.77. The van der Waals surface area contributed by atoms with Gasteiger partial charge in [-0.05, 0) is 31.0 Å². The molecule has 4 nitrogen and oxygen atoms in total. The lowest BCUT2D eigenvalue weighted by Crippen LogP contribution is -2.31. The van der Waals surface area contributed by atoms with Gasteiger partial charge in [0, 0.05) is 13.2 Å². The number of methoxy groups -OCH3 is 2. The predicted octanol–water partition coefficient (Wildman–Crippen LogP) is 2.15. The van der Waals surface area contributed by atoms with Crippen LogP contribution in [0.15, 0.2) is 18.2 Å². The van der Waals surface area contributed by atoms with Crippen molar-refractivity contribution in [3.05, 3.63) is 23.8 Å². The van der Waals surface area contributed by atoms with Crippen molar-refractivity contribution in [3.63, 3.8) is 0 Å². The second-order valence-electron chi connectivity index (χ2n) is 4.41. The molecule has 0 aromatic heterocycles. The van der Waals surface area contributed by atoms with E-state index in [1.54, 1.807) is 14.2 Å². The number of nitrogens with one attached hydrogen (secondary N) is 1. The van der Waals surface area contributed by atoms with Gasteiger partial charge in [-0.1, -0.05) is 12.2 Å². The van der Waals surface area contributed by atoms with Crippen LogP contribution in [0.1, 0.15) is 18.4 Å². The zero-order valence-corrected chi connectivity index (χ0v) is 12.1. The van der Waals surface area contributed by atoms with Crippen molar-refractivity contribution in [2.45, 2.75) is 18.9 Å². The summed E-state index contributed by atoms with van der Waals surface area (Å²) < 4.78 is 16.1. The average molecular weight is 281 g/mol. The number of benzene rings is 1. The highest BCUT2D eigenvalue weighted by atomic mass is 32.1. The van der Waals surface area contributed by atoms with Crippen LogP contribution in [-0.2, 0) is 4.74 Å². The summed E-state index contributed by atoms with van der Waals surface area (Å²) >= 11 is 5.41. The van der Waals surface area contributed by atoms with E-state index in [1.807, 2.05) is 18.2 Å². The first kappa shape index (κ1) is 14.1. The van der Waals surface area contributed by atoms with E-state index in [-0.39, 0.29) is 6.10 Å². The van der Waals surface area contributed by atoms with Gasteiger partial charge in [-0.15, -0.1) is 0 Å². The zero-order chi connectivity index (χ0) is 13.7. The lowest BCUT2D eigenvalue weighted by atomic mass is 10.1. The van der Waals surface area contributed by atoms with Crippen LogP contribution in [0, 0.1) is 0 Å². The molecule has 1 aliphatic heterocycles. The van der Waals surface area contributed by atoms with Gasteiger partial charge in [-0.2, -0.15) is 0 Å². The van der Waals surface area contributed by atoms with Crippen molar-refractivity contribution in [2.75, 3.05) is 27.4 Å². The van der Waals surface area contributed by atoms with Crippen molar-refractivity contribution in [1.29, 1.82) is 0 Å². The normalized spacial score (nSPS) is 18.1. The summed E-state index contributed by atoms with van der Waals surface area (Å²) in [4.78, 5) is 0.659. The average Bonchev–Trinajstić information content (AvgIpc) is 2.97. The second kappa shape index (κ2) is 6.73. The fraction of sp³-hybridized carbons (Fsp3) is 0.500. The Labute approximate surface area is 119 Å². The Morgan fingerprint density at radius 2 is 2.26 bits per heavy atom. The molecule has 5 heteroatoms. The standard InChI is InChI=1S/C14H19NO3S/c1-16-10-5-6-13(17-2)12(8-10)14(19)15-9-11-4-3-7-18-11/h5-6,8,11H,3-4,7,9H2,1-2H3,(H,15,19). The van der Waals surface area contributed by atoms with Crippen molar-refractivity contribution in [3.8, 4) is 11.5 Å². The Balaban J connectivity index is 2.03. The minimum Gasteiger partial charge on any atom is -0.497 e. The molecule has 1 saturated heterocycles. The Morgan fingerprint density at radius 1 is 1.42 bits per heavy atom. The topological polar surface area (TPSA) is 39.7 Å². The number of ether oxygens (including phenoxy) is 3. The lowest BCUT2D eigenvalue weighted by Gasteiger charge is -2.15. The Kier molecular flexibility index (Phi) is 4.99. The molecule has 2 rings (SSSR count). The van der Waals surface area contributed by atoms with Crippen LogP contribution in [0.3, 0.4) is 0 Å². The quantitative estimate of drug-likeness (QED) is 0.837. The molecule has 1 N–H and O–H groups in total. The van der Waals surface area contributed by atoms with Crippen LogP contribution in [0.2, 0.25) is 0 Å². The maximum absolute atomic E-state index is 5.56. The van der Waals surface area contributed by atoms with Crippen LogP contribution in [0.5, 0.6) is 11.5 Å². The molecule has 1 unspecified atom stereocenters. The van der Waals surface area contributed by atoms with E-state index in [0.717, 1.165) is 43.1 Å².